The van der Waals surface area contributed by atoms with Gasteiger partial charge in [0.2, 0.25) is 5.91 Å². The molecule has 0 unspecified atom stereocenters. The third kappa shape index (κ3) is 6.94. The van der Waals surface area contributed by atoms with E-state index in [0.29, 0.717) is 15.8 Å². The van der Waals surface area contributed by atoms with E-state index in [1.54, 1.807) is 37.3 Å². The molecule has 2 aromatic carbocycles. The van der Waals surface area contributed by atoms with Gasteiger partial charge in [0, 0.05) is 22.6 Å². The Bertz CT molecular complexity index is 844. The zero-order valence-corrected chi connectivity index (χ0v) is 18.3. The van der Waals surface area contributed by atoms with Crippen LogP contribution in [0.2, 0.25) is 10.0 Å². The number of nitrogens with zero attached hydrogens (tertiary/aromatic N) is 1. The molecule has 0 heterocycles. The highest BCUT2D eigenvalue weighted by atomic mass is 35.5. The van der Waals surface area contributed by atoms with E-state index >= 15 is 0 Å². The van der Waals surface area contributed by atoms with Crippen molar-refractivity contribution in [2.75, 3.05) is 6.61 Å². The van der Waals surface area contributed by atoms with Crippen LogP contribution in [-0.4, -0.2) is 35.4 Å². The standard InChI is InChI=1S/C22H26Cl2N2O3/c1-4-15(2)25-22(28)16(3)26(13-17-8-5-6-11-20(17)24)21(27)14-29-19-10-7-9-18(23)12-19/h5-12,15-16H,4,13-14H2,1-3H3,(H,25,28)/t15-,16+/m0/s1. The van der Waals surface area contributed by atoms with Crippen LogP contribution in [0.25, 0.3) is 0 Å². The number of carbonyl (C=O) groups is 2. The number of nitrogens with one attached hydrogen (secondary N) is 1. The molecule has 0 aromatic heterocycles. The van der Waals surface area contributed by atoms with Crippen LogP contribution < -0.4 is 10.1 Å². The first-order valence-electron chi connectivity index (χ1n) is 9.53. The first-order chi connectivity index (χ1) is 13.8. The van der Waals surface area contributed by atoms with Crippen molar-refractivity contribution in [3.63, 3.8) is 0 Å². The largest absolute Gasteiger partial charge is 0.484 e. The van der Waals surface area contributed by atoms with Crippen LogP contribution in [-0.2, 0) is 16.1 Å². The lowest BCUT2D eigenvalue weighted by Gasteiger charge is -2.30. The Morgan fingerprint density at radius 1 is 1.10 bits per heavy atom. The van der Waals surface area contributed by atoms with Gasteiger partial charge >= 0.3 is 0 Å². The Labute approximate surface area is 181 Å². The minimum Gasteiger partial charge on any atom is -0.484 e. The second-order valence-electron chi connectivity index (χ2n) is 6.85. The topological polar surface area (TPSA) is 58.6 Å². The third-order valence-corrected chi connectivity index (χ3v) is 5.23. The van der Waals surface area contributed by atoms with Crippen molar-refractivity contribution in [1.29, 1.82) is 0 Å². The second-order valence-corrected chi connectivity index (χ2v) is 7.70. The number of carbonyl (C=O) groups excluding carboxylic acids is 2. The van der Waals surface area contributed by atoms with E-state index in [1.807, 2.05) is 32.0 Å². The van der Waals surface area contributed by atoms with E-state index in [1.165, 1.54) is 4.90 Å². The predicted molar refractivity (Wildman–Crippen MR) is 116 cm³/mol. The molecule has 2 rings (SSSR count). The second kappa shape index (κ2) is 11.1. The zero-order valence-electron chi connectivity index (χ0n) is 16.8. The van der Waals surface area contributed by atoms with Gasteiger partial charge in [0.1, 0.15) is 11.8 Å². The summed E-state index contributed by atoms with van der Waals surface area (Å²) in [6.07, 6.45) is 0.800. The molecule has 2 atom stereocenters. The van der Waals surface area contributed by atoms with Crippen molar-refractivity contribution in [3.8, 4) is 5.75 Å². The number of amides is 2. The molecule has 0 bridgehead atoms. The average molecular weight is 437 g/mol. The van der Waals surface area contributed by atoms with Crippen molar-refractivity contribution in [2.45, 2.75) is 45.8 Å². The Hall–Kier alpha value is -2.24. The van der Waals surface area contributed by atoms with Gasteiger partial charge in [0.25, 0.3) is 5.91 Å². The van der Waals surface area contributed by atoms with E-state index in [0.717, 1.165) is 12.0 Å². The molecule has 1 N–H and O–H groups in total. The van der Waals surface area contributed by atoms with Crippen molar-refractivity contribution < 1.29 is 14.3 Å². The first kappa shape index (κ1) is 23.0. The maximum absolute atomic E-state index is 13.0. The highest BCUT2D eigenvalue weighted by Gasteiger charge is 2.27. The Morgan fingerprint density at radius 3 is 2.48 bits per heavy atom. The summed E-state index contributed by atoms with van der Waals surface area (Å²) in [5.74, 6) is -0.0561. The smallest absolute Gasteiger partial charge is 0.261 e. The predicted octanol–water partition coefficient (Wildman–Crippen LogP) is 4.70. The van der Waals surface area contributed by atoms with E-state index < -0.39 is 6.04 Å². The lowest BCUT2D eigenvalue weighted by molar-refractivity contribution is -0.142. The summed E-state index contributed by atoms with van der Waals surface area (Å²) in [6.45, 7) is 5.60. The van der Waals surface area contributed by atoms with Gasteiger partial charge in [-0.1, -0.05) is 54.4 Å². The van der Waals surface area contributed by atoms with Gasteiger partial charge in [-0.2, -0.15) is 0 Å². The van der Waals surface area contributed by atoms with Gasteiger partial charge < -0.3 is 15.0 Å². The van der Waals surface area contributed by atoms with Crippen molar-refractivity contribution in [2.24, 2.45) is 0 Å². The minimum atomic E-state index is -0.685. The molecule has 2 amide bonds. The maximum Gasteiger partial charge on any atom is 0.261 e. The Morgan fingerprint density at radius 2 is 1.83 bits per heavy atom. The van der Waals surface area contributed by atoms with Crippen LogP contribution in [0.15, 0.2) is 48.5 Å². The average Bonchev–Trinajstić information content (AvgIpc) is 2.70. The van der Waals surface area contributed by atoms with Gasteiger partial charge in [-0.05, 0) is 50.1 Å². The molecule has 156 valence electrons. The molecule has 0 aliphatic rings. The summed E-state index contributed by atoms with van der Waals surface area (Å²) >= 11 is 12.2. The summed E-state index contributed by atoms with van der Waals surface area (Å²) in [5.41, 5.74) is 0.758. The van der Waals surface area contributed by atoms with Gasteiger partial charge in [0.05, 0.1) is 0 Å². The SMILES string of the molecule is CC[C@H](C)NC(=O)[C@@H](C)N(Cc1ccccc1Cl)C(=O)COc1cccc(Cl)c1. The molecule has 0 saturated heterocycles. The fourth-order valence-corrected chi connectivity index (χ4v) is 3.02. The normalized spacial score (nSPS) is 12.7. The summed E-state index contributed by atoms with van der Waals surface area (Å²) < 4.78 is 5.59. The summed E-state index contributed by atoms with van der Waals surface area (Å²) in [6, 6.07) is 13.4. The highest BCUT2D eigenvalue weighted by molar-refractivity contribution is 6.31. The number of hydrogen-bond acceptors (Lipinski definition) is 3. The van der Waals surface area contributed by atoms with Gasteiger partial charge in [0.15, 0.2) is 6.61 Å². The third-order valence-electron chi connectivity index (χ3n) is 4.63. The fraction of sp³-hybridized carbons (Fsp3) is 0.364. The van der Waals surface area contributed by atoms with Gasteiger partial charge in [-0.3, -0.25) is 9.59 Å². The molecular weight excluding hydrogens is 411 g/mol. The lowest BCUT2D eigenvalue weighted by Crippen LogP contribution is -2.50. The highest BCUT2D eigenvalue weighted by Crippen LogP contribution is 2.20. The molecule has 0 aliphatic carbocycles. The molecule has 0 radical (unpaired) electrons. The van der Waals surface area contributed by atoms with Gasteiger partial charge in [-0.25, -0.2) is 0 Å². The number of ether oxygens (including phenoxy) is 1. The monoisotopic (exact) mass is 436 g/mol. The molecule has 0 aliphatic heterocycles. The number of benzene rings is 2. The number of rotatable bonds is 9. The molecule has 5 nitrogen and oxygen atoms in total. The first-order valence-corrected chi connectivity index (χ1v) is 10.3. The molecular formula is C22H26Cl2N2O3. The lowest BCUT2D eigenvalue weighted by atomic mass is 10.1. The fourth-order valence-electron chi connectivity index (χ4n) is 2.64. The summed E-state index contributed by atoms with van der Waals surface area (Å²) in [5, 5.41) is 3.98. The van der Waals surface area contributed by atoms with Crippen molar-refractivity contribution in [1.82, 2.24) is 10.2 Å². The number of halogens is 2. The zero-order chi connectivity index (χ0) is 21.4. The van der Waals surface area contributed by atoms with Crippen LogP contribution in [0.5, 0.6) is 5.75 Å². The van der Waals surface area contributed by atoms with Crippen LogP contribution in [0.4, 0.5) is 0 Å². The minimum absolute atomic E-state index is 0.0184. The molecule has 29 heavy (non-hydrogen) atoms. The van der Waals surface area contributed by atoms with E-state index in [2.05, 4.69) is 5.32 Å². The molecule has 0 spiro atoms. The van der Waals surface area contributed by atoms with E-state index in [-0.39, 0.29) is 31.0 Å². The molecule has 7 heteroatoms. The molecule has 0 fully saturated rings. The summed E-state index contributed by atoms with van der Waals surface area (Å²) in [4.78, 5) is 27.1. The summed E-state index contributed by atoms with van der Waals surface area (Å²) in [7, 11) is 0. The Kier molecular flexibility index (Phi) is 8.80. The quantitative estimate of drug-likeness (QED) is 0.619. The van der Waals surface area contributed by atoms with Crippen molar-refractivity contribution >= 4 is 35.0 Å². The number of hydrogen-bond donors (Lipinski definition) is 1. The molecule has 0 saturated carbocycles. The van der Waals surface area contributed by atoms with E-state index in [9.17, 15) is 9.59 Å². The van der Waals surface area contributed by atoms with Crippen LogP contribution in [0.3, 0.4) is 0 Å². The van der Waals surface area contributed by atoms with Crippen LogP contribution in [0, 0.1) is 0 Å². The maximum atomic E-state index is 13.0. The van der Waals surface area contributed by atoms with Crippen LogP contribution in [0.1, 0.15) is 32.8 Å². The van der Waals surface area contributed by atoms with Crippen LogP contribution >= 0.6 is 23.2 Å². The van der Waals surface area contributed by atoms with Crippen molar-refractivity contribution in [3.05, 3.63) is 64.1 Å². The van der Waals surface area contributed by atoms with E-state index in [4.69, 9.17) is 27.9 Å². The Balaban J connectivity index is 2.17. The molecule has 2 aromatic rings. The van der Waals surface area contributed by atoms with Gasteiger partial charge in [-0.15, -0.1) is 0 Å².